The summed E-state index contributed by atoms with van der Waals surface area (Å²) in [4.78, 5) is 11.0. The molecule has 0 aromatic carbocycles. The summed E-state index contributed by atoms with van der Waals surface area (Å²) in [6, 6.07) is 12.3. The Morgan fingerprint density at radius 1 is 1.17 bits per heavy atom. The molecule has 0 spiro atoms. The van der Waals surface area contributed by atoms with E-state index in [0.29, 0.717) is 18.1 Å². The van der Waals surface area contributed by atoms with Crippen LogP contribution in [0.25, 0.3) is 0 Å². The lowest BCUT2D eigenvalue weighted by Gasteiger charge is -2.28. The van der Waals surface area contributed by atoms with E-state index in [9.17, 15) is 5.11 Å². The smallest absolute Gasteiger partial charge is 0.170 e. The molecule has 7 heteroatoms. The quantitative estimate of drug-likeness (QED) is 0.571. The van der Waals surface area contributed by atoms with Crippen molar-refractivity contribution >= 4 is 17.3 Å². The Morgan fingerprint density at radius 2 is 2.03 bits per heavy atom. The molecule has 1 saturated heterocycles. The van der Waals surface area contributed by atoms with Crippen LogP contribution in [0.3, 0.4) is 0 Å². The number of hydrogen-bond donors (Lipinski definition) is 2. The second-order valence-corrected chi connectivity index (χ2v) is 8.06. The fourth-order valence-corrected chi connectivity index (χ4v) is 4.60. The number of nitrogens with zero attached hydrogens (tertiary/aromatic N) is 4. The molecular formula is C23H27N5OS. The van der Waals surface area contributed by atoms with Crippen molar-refractivity contribution in [2.75, 3.05) is 13.2 Å². The molecule has 0 amide bonds. The van der Waals surface area contributed by atoms with Crippen LogP contribution < -0.4 is 5.32 Å². The number of hydrogen-bond acceptors (Lipinski definition) is 4. The molecule has 3 aromatic rings. The van der Waals surface area contributed by atoms with Crippen LogP contribution in [0.1, 0.15) is 46.7 Å². The lowest BCUT2D eigenvalue weighted by atomic mass is 9.96. The molecule has 0 radical (unpaired) electrons. The Hall–Kier alpha value is -2.77. The third-order valence-electron chi connectivity index (χ3n) is 5.75. The maximum absolute atomic E-state index is 9.41. The normalized spacial score (nSPS) is 18.6. The molecule has 4 rings (SSSR count). The van der Waals surface area contributed by atoms with Gasteiger partial charge in [-0.2, -0.15) is 0 Å². The zero-order valence-electron chi connectivity index (χ0n) is 17.3. The Balaban J connectivity index is 1.74. The minimum absolute atomic E-state index is 0.0211. The third-order valence-corrected chi connectivity index (χ3v) is 6.10. The minimum Gasteiger partial charge on any atom is -0.396 e. The summed E-state index contributed by atoms with van der Waals surface area (Å²) in [6.07, 6.45) is 6.20. The number of nitrogens with one attached hydrogen (secondary N) is 1. The van der Waals surface area contributed by atoms with E-state index >= 15 is 0 Å². The van der Waals surface area contributed by atoms with Crippen molar-refractivity contribution in [3.63, 3.8) is 0 Å². The van der Waals surface area contributed by atoms with Crippen LogP contribution in [-0.2, 0) is 6.54 Å². The summed E-state index contributed by atoms with van der Waals surface area (Å²) in [7, 11) is 0. The second kappa shape index (κ2) is 8.93. The van der Waals surface area contributed by atoms with Gasteiger partial charge in [-0.25, -0.2) is 0 Å². The third kappa shape index (κ3) is 3.95. The van der Waals surface area contributed by atoms with Crippen LogP contribution in [0.15, 0.2) is 55.0 Å². The predicted molar refractivity (Wildman–Crippen MR) is 121 cm³/mol. The van der Waals surface area contributed by atoms with Gasteiger partial charge in [-0.3, -0.25) is 9.97 Å². The van der Waals surface area contributed by atoms with Crippen LogP contribution >= 0.6 is 12.2 Å². The fraction of sp³-hybridized carbons (Fsp3) is 0.348. The molecule has 0 bridgehead atoms. The molecule has 1 fully saturated rings. The first-order valence-electron chi connectivity index (χ1n) is 10.2. The highest BCUT2D eigenvalue weighted by Crippen LogP contribution is 2.40. The topological polar surface area (TPSA) is 66.2 Å². The summed E-state index contributed by atoms with van der Waals surface area (Å²) in [5.41, 5.74) is 5.78. The van der Waals surface area contributed by atoms with Crippen molar-refractivity contribution in [3.8, 4) is 0 Å². The van der Waals surface area contributed by atoms with Gasteiger partial charge < -0.3 is 19.9 Å². The summed E-state index contributed by atoms with van der Waals surface area (Å²) < 4.78 is 2.33. The van der Waals surface area contributed by atoms with Gasteiger partial charge in [0.2, 0.25) is 0 Å². The van der Waals surface area contributed by atoms with Crippen LogP contribution in [-0.4, -0.2) is 42.8 Å². The first-order chi connectivity index (χ1) is 14.6. The molecule has 4 heterocycles. The minimum atomic E-state index is -0.0373. The largest absolute Gasteiger partial charge is 0.396 e. The van der Waals surface area contributed by atoms with E-state index in [4.69, 9.17) is 12.2 Å². The Bertz CT molecular complexity index is 1010. The zero-order chi connectivity index (χ0) is 21.1. The molecular weight excluding hydrogens is 394 g/mol. The molecule has 0 aliphatic carbocycles. The van der Waals surface area contributed by atoms with E-state index in [2.05, 4.69) is 50.7 Å². The number of thiocarbonyl (C=S) groups is 1. The number of rotatable bonds is 7. The SMILES string of the molecule is Cc1cc([C@H]2[C@@H](c3ccccn3)NC(=S)N2CCCO)c(C)n1Cc1cccnc1. The van der Waals surface area contributed by atoms with E-state index < -0.39 is 0 Å². The van der Waals surface area contributed by atoms with Crippen LogP contribution in [0.2, 0.25) is 0 Å². The summed E-state index contributed by atoms with van der Waals surface area (Å²) in [5.74, 6) is 0. The molecule has 3 aromatic heterocycles. The van der Waals surface area contributed by atoms with Crippen molar-refractivity contribution in [1.29, 1.82) is 0 Å². The number of aliphatic hydroxyl groups excluding tert-OH is 1. The number of aromatic nitrogens is 3. The van der Waals surface area contributed by atoms with Crippen molar-refractivity contribution in [2.45, 2.75) is 38.9 Å². The van der Waals surface area contributed by atoms with E-state index in [1.807, 2.05) is 36.7 Å². The van der Waals surface area contributed by atoms with Gasteiger partial charge in [-0.1, -0.05) is 12.1 Å². The van der Waals surface area contributed by atoms with Crippen LogP contribution in [0, 0.1) is 13.8 Å². The van der Waals surface area contributed by atoms with Gasteiger partial charge >= 0.3 is 0 Å². The van der Waals surface area contributed by atoms with Crippen molar-refractivity contribution < 1.29 is 5.11 Å². The van der Waals surface area contributed by atoms with Crippen molar-refractivity contribution in [3.05, 3.63) is 83.2 Å². The Morgan fingerprint density at radius 3 is 2.73 bits per heavy atom. The van der Waals surface area contributed by atoms with Gasteiger partial charge in [0.15, 0.2) is 5.11 Å². The standard InChI is InChI=1S/C23H27N5OS/c1-16-13-19(17(2)28(16)15-18-7-5-9-24-14-18)22-21(20-8-3-4-10-25-20)26-23(30)27(22)11-6-12-29/h3-5,7-10,13-14,21-22,29H,6,11-12,15H2,1-2H3,(H,26,30)/t21-,22+/m1/s1. The lowest BCUT2D eigenvalue weighted by Crippen LogP contribution is -2.31. The highest BCUT2D eigenvalue weighted by atomic mass is 32.1. The van der Waals surface area contributed by atoms with Crippen molar-refractivity contribution in [2.24, 2.45) is 0 Å². The van der Waals surface area contributed by atoms with Gasteiger partial charge in [0.1, 0.15) is 0 Å². The van der Waals surface area contributed by atoms with Crippen LogP contribution in [0.5, 0.6) is 0 Å². The molecule has 30 heavy (non-hydrogen) atoms. The molecule has 6 nitrogen and oxygen atoms in total. The monoisotopic (exact) mass is 421 g/mol. The van der Waals surface area contributed by atoms with E-state index in [0.717, 1.165) is 12.2 Å². The summed E-state index contributed by atoms with van der Waals surface area (Å²) in [5, 5.41) is 13.6. The number of aryl methyl sites for hydroxylation is 1. The molecule has 0 saturated carbocycles. The molecule has 0 unspecified atom stereocenters. The van der Waals surface area contributed by atoms with E-state index in [1.165, 1.54) is 22.5 Å². The lowest BCUT2D eigenvalue weighted by molar-refractivity contribution is 0.247. The van der Waals surface area contributed by atoms with Gasteiger partial charge in [-0.05, 0) is 67.9 Å². The zero-order valence-corrected chi connectivity index (χ0v) is 18.1. The molecule has 1 aliphatic rings. The van der Waals surface area contributed by atoms with Gasteiger partial charge in [0.25, 0.3) is 0 Å². The Labute approximate surface area is 182 Å². The summed E-state index contributed by atoms with van der Waals surface area (Å²) in [6.45, 7) is 5.92. The maximum atomic E-state index is 9.41. The van der Waals surface area contributed by atoms with Gasteiger partial charge in [0.05, 0.1) is 17.8 Å². The highest BCUT2D eigenvalue weighted by Gasteiger charge is 2.40. The fourth-order valence-electron chi connectivity index (χ4n) is 4.27. The summed E-state index contributed by atoms with van der Waals surface area (Å²) >= 11 is 5.69. The molecule has 2 N–H and O–H groups in total. The second-order valence-electron chi connectivity index (χ2n) is 7.67. The van der Waals surface area contributed by atoms with Crippen molar-refractivity contribution in [1.82, 2.24) is 24.8 Å². The number of aliphatic hydroxyl groups is 1. The molecule has 156 valence electrons. The van der Waals surface area contributed by atoms with Gasteiger partial charge in [-0.15, -0.1) is 0 Å². The van der Waals surface area contributed by atoms with Gasteiger partial charge in [0, 0.05) is 49.7 Å². The van der Waals surface area contributed by atoms with E-state index in [1.54, 1.807) is 6.20 Å². The van der Waals surface area contributed by atoms with E-state index in [-0.39, 0.29) is 18.7 Å². The maximum Gasteiger partial charge on any atom is 0.170 e. The predicted octanol–water partition coefficient (Wildman–Crippen LogP) is 3.30. The first kappa shape index (κ1) is 20.5. The van der Waals surface area contributed by atoms with Crippen LogP contribution in [0.4, 0.5) is 0 Å². The number of pyridine rings is 2. The first-order valence-corrected chi connectivity index (χ1v) is 10.7. The Kier molecular flexibility index (Phi) is 6.11. The average molecular weight is 422 g/mol. The highest BCUT2D eigenvalue weighted by molar-refractivity contribution is 7.80. The average Bonchev–Trinajstić information content (AvgIpc) is 3.24. The molecule has 2 atom stereocenters. The molecule has 1 aliphatic heterocycles.